The van der Waals surface area contributed by atoms with E-state index in [9.17, 15) is 4.39 Å². The molecule has 2 unspecified atom stereocenters. The molecule has 4 heteroatoms. The minimum absolute atomic E-state index is 0.184. The monoisotopic (exact) mass is 326 g/mol. The quantitative estimate of drug-likeness (QED) is 0.917. The van der Waals surface area contributed by atoms with Crippen LogP contribution >= 0.6 is 15.9 Å². The van der Waals surface area contributed by atoms with Gasteiger partial charge in [-0.2, -0.15) is 0 Å². The van der Waals surface area contributed by atoms with Crippen LogP contribution in [0, 0.1) is 11.7 Å². The number of nitrogens with zero attached hydrogens (tertiary/aromatic N) is 1. The number of hydrogen-bond donors (Lipinski definition) is 1. The van der Waals surface area contributed by atoms with Crippen LogP contribution in [0.25, 0.3) is 0 Å². The smallest absolute Gasteiger partial charge is 0.137 e. The Morgan fingerprint density at radius 3 is 2.89 bits per heavy atom. The standard InChI is InChI=1S/C15H20BrFN2/c1-10-8-19(15(7-18-10)12-3-4-12)9-11-2-5-14(17)13(16)6-11/h2,5-6,10,12,15,18H,3-4,7-9H2,1H3. The Hall–Kier alpha value is -0.450. The first kappa shape index (κ1) is 13.5. The molecule has 1 heterocycles. The van der Waals surface area contributed by atoms with E-state index in [1.165, 1.54) is 18.4 Å². The molecule has 104 valence electrons. The maximum absolute atomic E-state index is 13.3. The maximum atomic E-state index is 13.3. The fourth-order valence-electron chi connectivity index (χ4n) is 3.00. The molecule has 1 aromatic rings. The zero-order chi connectivity index (χ0) is 13.4. The largest absolute Gasteiger partial charge is 0.311 e. The topological polar surface area (TPSA) is 15.3 Å². The average molecular weight is 327 g/mol. The number of rotatable bonds is 3. The third-order valence-corrected chi connectivity index (χ3v) is 4.80. The molecular formula is C15H20BrFN2. The van der Waals surface area contributed by atoms with E-state index in [4.69, 9.17) is 0 Å². The summed E-state index contributed by atoms with van der Waals surface area (Å²) < 4.78 is 13.8. The van der Waals surface area contributed by atoms with Gasteiger partial charge in [0.25, 0.3) is 0 Å². The molecule has 2 fully saturated rings. The van der Waals surface area contributed by atoms with Gasteiger partial charge in [0.05, 0.1) is 4.47 Å². The minimum atomic E-state index is -0.184. The van der Waals surface area contributed by atoms with E-state index in [-0.39, 0.29) is 5.82 Å². The van der Waals surface area contributed by atoms with Crippen molar-refractivity contribution in [2.24, 2.45) is 5.92 Å². The molecule has 0 spiro atoms. The van der Waals surface area contributed by atoms with Crippen molar-refractivity contribution in [1.82, 2.24) is 10.2 Å². The Bertz CT molecular complexity index is 461. The zero-order valence-corrected chi connectivity index (χ0v) is 12.8. The van der Waals surface area contributed by atoms with Gasteiger partial charge in [-0.3, -0.25) is 4.90 Å². The Morgan fingerprint density at radius 1 is 1.42 bits per heavy atom. The second-order valence-corrected chi connectivity index (χ2v) is 6.75. The lowest BCUT2D eigenvalue weighted by molar-refractivity contribution is 0.112. The predicted molar refractivity (Wildman–Crippen MR) is 78.5 cm³/mol. The van der Waals surface area contributed by atoms with Crippen LogP contribution in [0.4, 0.5) is 4.39 Å². The lowest BCUT2D eigenvalue weighted by atomic mass is 10.0. The molecule has 1 aromatic carbocycles. The molecule has 1 N–H and O–H groups in total. The highest BCUT2D eigenvalue weighted by molar-refractivity contribution is 9.10. The summed E-state index contributed by atoms with van der Waals surface area (Å²) in [6.45, 7) is 5.33. The highest BCUT2D eigenvalue weighted by Crippen LogP contribution is 2.36. The zero-order valence-electron chi connectivity index (χ0n) is 11.2. The molecule has 19 heavy (non-hydrogen) atoms. The van der Waals surface area contributed by atoms with E-state index in [1.807, 2.05) is 12.1 Å². The van der Waals surface area contributed by atoms with Crippen molar-refractivity contribution < 1.29 is 4.39 Å². The molecule has 2 atom stereocenters. The van der Waals surface area contributed by atoms with Crippen molar-refractivity contribution >= 4 is 15.9 Å². The number of hydrogen-bond acceptors (Lipinski definition) is 2. The SMILES string of the molecule is CC1CN(Cc2ccc(F)c(Br)c2)C(C2CC2)CN1. The van der Waals surface area contributed by atoms with E-state index in [0.29, 0.717) is 16.6 Å². The van der Waals surface area contributed by atoms with Crippen LogP contribution in [-0.4, -0.2) is 30.1 Å². The van der Waals surface area contributed by atoms with Crippen molar-refractivity contribution in [3.8, 4) is 0 Å². The molecule has 0 amide bonds. The molecule has 0 bridgehead atoms. The summed E-state index contributed by atoms with van der Waals surface area (Å²) in [5, 5.41) is 3.58. The lowest BCUT2D eigenvalue weighted by Gasteiger charge is -2.39. The molecule has 1 aliphatic heterocycles. The van der Waals surface area contributed by atoms with Crippen LogP contribution in [-0.2, 0) is 6.54 Å². The lowest BCUT2D eigenvalue weighted by Crippen LogP contribution is -2.55. The fourth-order valence-corrected chi connectivity index (χ4v) is 3.43. The normalized spacial score (nSPS) is 28.6. The first-order valence-electron chi connectivity index (χ1n) is 7.05. The molecular weight excluding hydrogens is 307 g/mol. The number of nitrogens with one attached hydrogen (secondary N) is 1. The van der Waals surface area contributed by atoms with Gasteiger partial charge in [0.2, 0.25) is 0 Å². The van der Waals surface area contributed by atoms with Crippen LogP contribution < -0.4 is 5.32 Å². The predicted octanol–water partition coefficient (Wildman–Crippen LogP) is 3.16. The van der Waals surface area contributed by atoms with E-state index < -0.39 is 0 Å². The summed E-state index contributed by atoms with van der Waals surface area (Å²) in [5.74, 6) is 0.681. The van der Waals surface area contributed by atoms with E-state index in [1.54, 1.807) is 6.07 Å². The molecule has 0 aromatic heterocycles. The van der Waals surface area contributed by atoms with Crippen molar-refractivity contribution in [3.05, 3.63) is 34.1 Å². The van der Waals surface area contributed by atoms with E-state index >= 15 is 0 Å². The van der Waals surface area contributed by atoms with Gasteiger partial charge in [-0.15, -0.1) is 0 Å². The molecule has 1 saturated heterocycles. The second-order valence-electron chi connectivity index (χ2n) is 5.89. The van der Waals surface area contributed by atoms with Crippen LogP contribution in [0.5, 0.6) is 0 Å². The van der Waals surface area contributed by atoms with Gasteiger partial charge in [0, 0.05) is 31.7 Å². The molecule has 2 nitrogen and oxygen atoms in total. The van der Waals surface area contributed by atoms with Gasteiger partial charge in [-0.25, -0.2) is 4.39 Å². The van der Waals surface area contributed by atoms with Crippen molar-refractivity contribution in [2.75, 3.05) is 13.1 Å². The Labute approximate surface area is 122 Å². The highest BCUT2D eigenvalue weighted by atomic mass is 79.9. The Morgan fingerprint density at radius 2 is 2.21 bits per heavy atom. The Balaban J connectivity index is 1.73. The summed E-state index contributed by atoms with van der Waals surface area (Å²) in [6.07, 6.45) is 2.73. The summed E-state index contributed by atoms with van der Waals surface area (Å²) in [4.78, 5) is 2.57. The Kier molecular flexibility index (Phi) is 3.92. The summed E-state index contributed by atoms with van der Waals surface area (Å²) in [5.41, 5.74) is 1.19. The van der Waals surface area contributed by atoms with Crippen LogP contribution in [0.2, 0.25) is 0 Å². The van der Waals surface area contributed by atoms with Crippen LogP contribution in [0.15, 0.2) is 22.7 Å². The molecule has 2 aliphatic rings. The first-order valence-corrected chi connectivity index (χ1v) is 7.84. The molecule has 1 saturated carbocycles. The summed E-state index contributed by atoms with van der Waals surface area (Å²) in [7, 11) is 0. The molecule has 3 rings (SSSR count). The van der Waals surface area contributed by atoms with Gasteiger partial charge in [-0.1, -0.05) is 6.07 Å². The minimum Gasteiger partial charge on any atom is -0.311 e. The van der Waals surface area contributed by atoms with Crippen molar-refractivity contribution in [3.63, 3.8) is 0 Å². The third kappa shape index (κ3) is 3.18. The van der Waals surface area contributed by atoms with Crippen molar-refractivity contribution in [1.29, 1.82) is 0 Å². The number of halogens is 2. The van der Waals surface area contributed by atoms with E-state index in [0.717, 1.165) is 25.6 Å². The second kappa shape index (κ2) is 5.51. The van der Waals surface area contributed by atoms with Crippen LogP contribution in [0.1, 0.15) is 25.3 Å². The average Bonchev–Trinajstić information content (AvgIpc) is 3.18. The highest BCUT2D eigenvalue weighted by Gasteiger charge is 2.37. The van der Waals surface area contributed by atoms with Crippen molar-refractivity contribution in [2.45, 2.75) is 38.4 Å². The number of piperazine rings is 1. The van der Waals surface area contributed by atoms with Gasteiger partial charge in [0.1, 0.15) is 5.82 Å². The van der Waals surface area contributed by atoms with Crippen LogP contribution in [0.3, 0.4) is 0 Å². The fraction of sp³-hybridized carbons (Fsp3) is 0.600. The third-order valence-electron chi connectivity index (χ3n) is 4.19. The first-order chi connectivity index (χ1) is 9.13. The summed E-state index contributed by atoms with van der Waals surface area (Å²) >= 11 is 3.27. The van der Waals surface area contributed by atoms with E-state index in [2.05, 4.69) is 33.1 Å². The van der Waals surface area contributed by atoms with Gasteiger partial charge in [-0.05, 0) is 59.3 Å². The number of benzene rings is 1. The maximum Gasteiger partial charge on any atom is 0.137 e. The summed E-state index contributed by atoms with van der Waals surface area (Å²) in [6, 6.07) is 6.55. The van der Waals surface area contributed by atoms with Gasteiger partial charge < -0.3 is 5.32 Å². The van der Waals surface area contributed by atoms with Gasteiger partial charge >= 0.3 is 0 Å². The van der Waals surface area contributed by atoms with Gasteiger partial charge in [0.15, 0.2) is 0 Å². The molecule has 0 radical (unpaired) electrons. The molecule has 1 aliphatic carbocycles.